The van der Waals surface area contributed by atoms with Gasteiger partial charge in [0.25, 0.3) is 17.7 Å². The molecule has 5 aliphatic heterocycles. The number of aromatic amines is 1. The molecule has 0 saturated carbocycles. The van der Waals surface area contributed by atoms with Gasteiger partial charge in [-0.3, -0.25) is 39.1 Å². The molecule has 296 valence electrons. The maximum Gasteiger partial charge on any atom is 0.264 e. The quantitative estimate of drug-likeness (QED) is 0.203. The van der Waals surface area contributed by atoms with Crippen LogP contribution in [0.1, 0.15) is 94.2 Å². The molecule has 1 unspecified atom stereocenters. The fraction of sp³-hybridized carbons (Fsp3) is 0.442. The third kappa shape index (κ3) is 7.39. The number of nitrogens with zero attached hydrogens (tertiary/aromatic N) is 5. The molecule has 4 aromatic rings. The van der Waals surface area contributed by atoms with Crippen molar-refractivity contribution < 1.29 is 28.7 Å². The molecule has 14 heteroatoms. The molecule has 5 amide bonds. The van der Waals surface area contributed by atoms with Gasteiger partial charge in [0.15, 0.2) is 0 Å². The molecule has 3 N–H and O–H groups in total. The van der Waals surface area contributed by atoms with Gasteiger partial charge in [-0.1, -0.05) is 6.07 Å². The van der Waals surface area contributed by atoms with Crippen LogP contribution < -0.4 is 20.3 Å². The average molecular weight is 773 g/mol. The lowest BCUT2D eigenvalue weighted by Gasteiger charge is -2.38. The average Bonchev–Trinajstić information content (AvgIpc) is 3.91. The molecular weight excluding hydrogens is 725 g/mol. The molecule has 0 bridgehead atoms. The second-order valence-corrected chi connectivity index (χ2v) is 16.2. The van der Waals surface area contributed by atoms with E-state index in [0.29, 0.717) is 34.5 Å². The number of piperidine rings is 3. The minimum atomic E-state index is -0.977. The van der Waals surface area contributed by atoms with Crippen LogP contribution in [0.2, 0.25) is 0 Å². The first-order valence-electron chi connectivity index (χ1n) is 20.3. The first kappa shape index (κ1) is 37.0. The number of H-pyrrole nitrogens is 1. The zero-order chi connectivity index (χ0) is 39.2. The summed E-state index contributed by atoms with van der Waals surface area (Å²) in [7, 11) is 2.15. The molecule has 4 saturated heterocycles. The Labute approximate surface area is 330 Å². The summed E-state index contributed by atoms with van der Waals surface area (Å²) in [6.45, 7) is 5.53. The van der Waals surface area contributed by atoms with Gasteiger partial charge in [0.1, 0.15) is 23.7 Å². The Morgan fingerprint density at radius 3 is 2.40 bits per heavy atom. The Balaban J connectivity index is 0.729. The van der Waals surface area contributed by atoms with Crippen LogP contribution >= 0.6 is 0 Å². The highest BCUT2D eigenvalue weighted by Gasteiger charge is 2.46. The monoisotopic (exact) mass is 772 g/mol. The van der Waals surface area contributed by atoms with Crippen LogP contribution in [0.15, 0.2) is 60.8 Å². The standard InChI is InChI=1S/C43H48N8O6/c1-48-17-3-6-34(48)33-22-28-24-44-37(23-32(28)45-33)46-40(53)27-7-9-29(10-8-27)57-30-15-18-49(19-16-30)25-26-13-20-50(21-14-26)35-5-2-4-31-39(35)43(56)51(42(31)55)36-11-12-38(52)47-41(36)54/h2,4-5,7-10,22-24,26,30,34,36,45H,3,6,11-21,25H2,1H3,(H,44,46,53)(H,47,52,54)/t34-,36?/m1/s1. The van der Waals surface area contributed by atoms with E-state index in [-0.39, 0.29) is 30.8 Å². The van der Waals surface area contributed by atoms with Gasteiger partial charge in [-0.15, -0.1) is 0 Å². The summed E-state index contributed by atoms with van der Waals surface area (Å²) in [5.74, 6) is -0.378. The zero-order valence-electron chi connectivity index (χ0n) is 32.2. The Hall–Kier alpha value is -5.60. The molecule has 5 aliphatic rings. The first-order valence-corrected chi connectivity index (χ1v) is 20.3. The van der Waals surface area contributed by atoms with Gasteiger partial charge < -0.3 is 24.8 Å². The lowest BCUT2D eigenvalue weighted by atomic mass is 9.94. The number of rotatable bonds is 9. The van der Waals surface area contributed by atoms with E-state index < -0.39 is 23.8 Å². The van der Waals surface area contributed by atoms with Gasteiger partial charge in [-0.25, -0.2) is 4.98 Å². The third-order valence-corrected chi connectivity index (χ3v) is 12.5. The molecule has 2 aromatic heterocycles. The van der Waals surface area contributed by atoms with E-state index in [4.69, 9.17) is 4.74 Å². The summed E-state index contributed by atoms with van der Waals surface area (Å²) in [5.41, 5.74) is 4.09. The number of anilines is 2. The van der Waals surface area contributed by atoms with Crippen molar-refractivity contribution in [3.63, 3.8) is 0 Å². The molecular formula is C43H48N8O6. The number of ether oxygens (including phenoxy) is 1. The van der Waals surface area contributed by atoms with Gasteiger partial charge in [0.2, 0.25) is 11.8 Å². The number of nitrogens with one attached hydrogen (secondary N) is 3. The van der Waals surface area contributed by atoms with E-state index in [1.807, 2.05) is 24.3 Å². The van der Waals surface area contributed by atoms with Crippen molar-refractivity contribution in [2.45, 2.75) is 69.6 Å². The van der Waals surface area contributed by atoms with Crippen LogP contribution in [-0.2, 0) is 9.59 Å². The number of likely N-dealkylation sites (tertiary alicyclic amines) is 2. The highest BCUT2D eigenvalue weighted by atomic mass is 16.5. The van der Waals surface area contributed by atoms with Gasteiger partial charge in [0.05, 0.1) is 22.3 Å². The number of aromatic nitrogens is 2. The van der Waals surface area contributed by atoms with Crippen molar-refractivity contribution in [2.75, 3.05) is 56.5 Å². The summed E-state index contributed by atoms with van der Waals surface area (Å²) >= 11 is 0. The molecule has 0 radical (unpaired) electrons. The number of amides is 5. The summed E-state index contributed by atoms with van der Waals surface area (Å²) in [4.78, 5) is 80.4. The molecule has 7 heterocycles. The van der Waals surface area contributed by atoms with Crippen molar-refractivity contribution in [3.05, 3.63) is 83.2 Å². The number of carbonyl (C=O) groups excluding carboxylic acids is 5. The van der Waals surface area contributed by atoms with Crippen molar-refractivity contribution in [2.24, 2.45) is 5.92 Å². The molecule has 9 rings (SSSR count). The summed E-state index contributed by atoms with van der Waals surface area (Å²) < 4.78 is 6.34. The lowest BCUT2D eigenvalue weighted by molar-refractivity contribution is -0.136. The number of carbonyl (C=O) groups is 5. The fourth-order valence-corrected chi connectivity index (χ4v) is 9.36. The molecule has 0 aliphatic carbocycles. The minimum Gasteiger partial charge on any atom is -0.490 e. The van der Waals surface area contributed by atoms with Crippen LogP contribution in [0.5, 0.6) is 5.75 Å². The van der Waals surface area contributed by atoms with E-state index in [1.165, 1.54) is 12.1 Å². The normalized spacial score (nSPS) is 22.7. The Bertz CT molecular complexity index is 2220. The van der Waals surface area contributed by atoms with E-state index in [2.05, 4.69) is 48.4 Å². The van der Waals surface area contributed by atoms with E-state index in [0.717, 1.165) is 98.6 Å². The number of fused-ring (bicyclic) bond motifs is 2. The van der Waals surface area contributed by atoms with Gasteiger partial charge in [-0.05, 0) is 107 Å². The highest BCUT2D eigenvalue weighted by molar-refractivity contribution is 6.25. The van der Waals surface area contributed by atoms with Crippen LogP contribution in [0, 0.1) is 5.92 Å². The Morgan fingerprint density at radius 1 is 0.877 bits per heavy atom. The summed E-state index contributed by atoms with van der Waals surface area (Å²) in [6.07, 6.45) is 8.24. The molecule has 14 nitrogen and oxygen atoms in total. The summed E-state index contributed by atoms with van der Waals surface area (Å²) in [5, 5.41) is 6.24. The second kappa shape index (κ2) is 15.4. The smallest absolute Gasteiger partial charge is 0.264 e. The molecule has 2 aromatic carbocycles. The number of benzene rings is 2. The summed E-state index contributed by atoms with van der Waals surface area (Å²) in [6, 6.07) is 16.1. The number of hydrogen-bond donors (Lipinski definition) is 3. The molecule has 2 atom stereocenters. The highest BCUT2D eigenvalue weighted by Crippen LogP contribution is 2.36. The molecule has 0 spiro atoms. The largest absolute Gasteiger partial charge is 0.490 e. The van der Waals surface area contributed by atoms with Crippen molar-refractivity contribution in [3.8, 4) is 5.75 Å². The topological polar surface area (TPSA) is 160 Å². The SMILES string of the molecule is CN1CCC[C@@H]1c1cc2cnc(NC(=O)c3ccc(OC4CCN(CC5CCN(c6cccc7c6C(=O)N(C6CCC(=O)NC6=O)C7=O)CC5)CC4)cc3)cc2[nH]1. The zero-order valence-corrected chi connectivity index (χ0v) is 32.2. The van der Waals surface area contributed by atoms with E-state index in [1.54, 1.807) is 30.5 Å². The number of hydrogen-bond acceptors (Lipinski definition) is 10. The maximum absolute atomic E-state index is 13.6. The van der Waals surface area contributed by atoms with Crippen LogP contribution in [0.25, 0.3) is 10.9 Å². The third-order valence-electron chi connectivity index (χ3n) is 12.5. The van der Waals surface area contributed by atoms with Crippen LogP contribution in [0.4, 0.5) is 11.5 Å². The van der Waals surface area contributed by atoms with Gasteiger partial charge >= 0.3 is 0 Å². The fourth-order valence-electron chi connectivity index (χ4n) is 9.36. The van der Waals surface area contributed by atoms with E-state index >= 15 is 0 Å². The Morgan fingerprint density at radius 2 is 1.67 bits per heavy atom. The number of imide groups is 2. The molecule has 57 heavy (non-hydrogen) atoms. The van der Waals surface area contributed by atoms with Gasteiger partial charge in [0, 0.05) is 74.1 Å². The molecule has 4 fully saturated rings. The predicted molar refractivity (Wildman–Crippen MR) is 213 cm³/mol. The Kier molecular flexibility index (Phi) is 9.99. The van der Waals surface area contributed by atoms with Crippen molar-refractivity contribution in [1.82, 2.24) is 30.0 Å². The van der Waals surface area contributed by atoms with Crippen LogP contribution in [0.3, 0.4) is 0 Å². The maximum atomic E-state index is 13.6. The predicted octanol–water partition coefficient (Wildman–Crippen LogP) is 4.74. The lowest BCUT2D eigenvalue weighted by Crippen LogP contribution is -2.54. The van der Waals surface area contributed by atoms with Gasteiger partial charge in [-0.2, -0.15) is 0 Å². The van der Waals surface area contributed by atoms with Crippen molar-refractivity contribution in [1.29, 1.82) is 0 Å². The van der Waals surface area contributed by atoms with E-state index in [9.17, 15) is 24.0 Å². The minimum absolute atomic E-state index is 0.0933. The number of pyridine rings is 1. The van der Waals surface area contributed by atoms with Crippen LogP contribution in [-0.4, -0.2) is 113 Å². The first-order chi connectivity index (χ1) is 27.7. The van der Waals surface area contributed by atoms with Crippen molar-refractivity contribution >= 4 is 51.9 Å². The second-order valence-electron chi connectivity index (χ2n) is 16.2.